The van der Waals surface area contributed by atoms with E-state index in [0.29, 0.717) is 11.6 Å². The molecule has 9 heteroatoms. The van der Waals surface area contributed by atoms with Crippen LogP contribution in [0.25, 0.3) is 0 Å². The lowest BCUT2D eigenvalue weighted by Crippen LogP contribution is -2.33. The number of amides is 2. The van der Waals surface area contributed by atoms with E-state index in [-0.39, 0.29) is 24.0 Å². The summed E-state index contributed by atoms with van der Waals surface area (Å²) >= 11 is 1.18. The van der Waals surface area contributed by atoms with Crippen LogP contribution in [0.2, 0.25) is 0 Å². The molecule has 0 spiro atoms. The molecule has 1 heterocycles. The predicted molar refractivity (Wildman–Crippen MR) is 110 cm³/mol. The Morgan fingerprint density at radius 1 is 1.21 bits per heavy atom. The number of nitrogens with one attached hydrogen (secondary N) is 2. The Bertz CT molecular complexity index is 850. The minimum atomic E-state index is -0.501. The van der Waals surface area contributed by atoms with Crippen molar-refractivity contribution in [2.75, 3.05) is 18.2 Å². The number of nitrogens with zero attached hydrogens (tertiary/aromatic N) is 1. The second-order valence-electron chi connectivity index (χ2n) is 6.58. The summed E-state index contributed by atoms with van der Waals surface area (Å²) in [6.45, 7) is 5.39. The summed E-state index contributed by atoms with van der Waals surface area (Å²) in [4.78, 5) is 36.3. The molecule has 29 heavy (non-hydrogen) atoms. The first-order chi connectivity index (χ1) is 13.8. The van der Waals surface area contributed by atoms with Gasteiger partial charge >= 0.3 is 5.97 Å². The second kappa shape index (κ2) is 10.7. The van der Waals surface area contributed by atoms with Crippen LogP contribution in [0.4, 0.5) is 5.82 Å². The van der Waals surface area contributed by atoms with Crippen LogP contribution in [0.3, 0.4) is 0 Å². The van der Waals surface area contributed by atoms with E-state index < -0.39 is 17.3 Å². The van der Waals surface area contributed by atoms with E-state index in [1.807, 2.05) is 31.2 Å². The molecule has 0 aliphatic heterocycles. The highest BCUT2D eigenvalue weighted by atomic mass is 32.2. The fourth-order valence-electron chi connectivity index (χ4n) is 2.47. The van der Waals surface area contributed by atoms with E-state index in [1.165, 1.54) is 18.9 Å². The maximum Gasteiger partial charge on any atom is 0.307 e. The van der Waals surface area contributed by atoms with Gasteiger partial charge in [0.2, 0.25) is 11.8 Å². The molecule has 0 unspecified atom stereocenters. The Kier molecular flexibility index (Phi) is 8.26. The molecular weight excluding hydrogens is 394 g/mol. The Hall–Kier alpha value is -2.81. The van der Waals surface area contributed by atoms with Gasteiger partial charge in [0, 0.05) is 6.07 Å². The van der Waals surface area contributed by atoms with E-state index in [2.05, 4.69) is 15.8 Å². The molecule has 0 aliphatic carbocycles. The van der Waals surface area contributed by atoms with Crippen LogP contribution >= 0.6 is 11.8 Å². The van der Waals surface area contributed by atoms with Crippen LogP contribution in [0.1, 0.15) is 36.3 Å². The molecular formula is C20H25N3O5S. The van der Waals surface area contributed by atoms with Crippen molar-refractivity contribution in [1.82, 2.24) is 10.5 Å². The van der Waals surface area contributed by atoms with E-state index in [4.69, 9.17) is 9.26 Å². The molecule has 0 radical (unpaired) electrons. The number of aromatic nitrogens is 1. The van der Waals surface area contributed by atoms with Crippen LogP contribution in [0.5, 0.6) is 0 Å². The fourth-order valence-corrected chi connectivity index (χ4v) is 3.16. The Morgan fingerprint density at radius 2 is 1.90 bits per heavy atom. The van der Waals surface area contributed by atoms with E-state index in [0.717, 1.165) is 11.1 Å². The summed E-state index contributed by atoms with van der Waals surface area (Å²) in [6, 6.07) is 8.68. The quantitative estimate of drug-likeness (QED) is 0.601. The van der Waals surface area contributed by atoms with Crippen molar-refractivity contribution in [2.45, 2.75) is 38.5 Å². The molecule has 2 rings (SSSR count). The number of carbonyl (C=O) groups is 3. The summed E-state index contributed by atoms with van der Waals surface area (Å²) in [6.07, 6.45) is 0.0253. The average molecular weight is 420 g/mol. The number of rotatable bonds is 9. The molecule has 8 nitrogen and oxygen atoms in total. The number of anilines is 1. The van der Waals surface area contributed by atoms with Gasteiger partial charge in [0.05, 0.1) is 30.6 Å². The highest BCUT2D eigenvalue weighted by molar-refractivity contribution is 8.01. The topological polar surface area (TPSA) is 111 Å². The summed E-state index contributed by atoms with van der Waals surface area (Å²) < 4.78 is 9.64. The number of benzene rings is 1. The molecule has 0 saturated carbocycles. The Labute approximate surface area is 173 Å². The molecule has 0 aliphatic rings. The molecule has 156 valence electrons. The highest BCUT2D eigenvalue weighted by Crippen LogP contribution is 2.20. The van der Waals surface area contributed by atoms with Gasteiger partial charge in [-0.05, 0) is 26.3 Å². The molecule has 2 atom stereocenters. The van der Waals surface area contributed by atoms with Crippen molar-refractivity contribution in [3.8, 4) is 0 Å². The van der Waals surface area contributed by atoms with Crippen molar-refractivity contribution in [3.63, 3.8) is 0 Å². The largest absolute Gasteiger partial charge is 0.469 e. The van der Waals surface area contributed by atoms with Gasteiger partial charge in [-0.25, -0.2) is 0 Å². The minimum absolute atomic E-state index is 0.0253. The van der Waals surface area contributed by atoms with E-state index in [9.17, 15) is 14.4 Å². The minimum Gasteiger partial charge on any atom is -0.469 e. The van der Waals surface area contributed by atoms with Crippen molar-refractivity contribution in [3.05, 3.63) is 47.2 Å². The maximum atomic E-state index is 12.4. The van der Waals surface area contributed by atoms with Crippen LogP contribution in [-0.4, -0.2) is 41.1 Å². The summed E-state index contributed by atoms with van der Waals surface area (Å²) in [5.74, 6) is 0.0201. The average Bonchev–Trinajstić information content (AvgIpc) is 3.10. The Morgan fingerprint density at radius 3 is 2.48 bits per heavy atom. The molecule has 2 N–H and O–H groups in total. The SMILES string of the molecule is COC(=O)C[C@H](NC(=O)CS[C@@H](C)C(=O)Nc1cc(C)on1)c1ccc(C)cc1. The number of aryl methyl sites for hydroxylation is 2. The fraction of sp³-hybridized carbons (Fsp3) is 0.400. The Balaban J connectivity index is 1.90. The van der Waals surface area contributed by atoms with Gasteiger partial charge in [-0.3, -0.25) is 14.4 Å². The first-order valence-corrected chi connectivity index (χ1v) is 10.1. The maximum absolute atomic E-state index is 12.4. The van der Waals surface area contributed by atoms with Gasteiger partial charge in [-0.15, -0.1) is 11.8 Å². The van der Waals surface area contributed by atoms with Gasteiger partial charge in [-0.2, -0.15) is 0 Å². The standard InChI is InChI=1S/C20H25N3O5S/c1-12-5-7-15(8-6-12)16(10-19(25)27-4)21-18(24)11-29-14(3)20(26)22-17-9-13(2)28-23-17/h5-9,14,16H,10-11H2,1-4H3,(H,21,24)(H,22,23,26)/t14-,16-/m0/s1. The predicted octanol–water partition coefficient (Wildman–Crippen LogP) is 2.77. The van der Waals surface area contributed by atoms with Crippen molar-refractivity contribution >= 4 is 35.4 Å². The lowest BCUT2D eigenvalue weighted by atomic mass is 10.0. The number of ether oxygens (including phenoxy) is 1. The normalized spacial score (nSPS) is 12.7. The van der Waals surface area contributed by atoms with Gasteiger partial charge in [0.25, 0.3) is 0 Å². The van der Waals surface area contributed by atoms with Gasteiger partial charge < -0.3 is 19.9 Å². The zero-order chi connectivity index (χ0) is 21.4. The lowest BCUT2D eigenvalue weighted by Gasteiger charge is -2.19. The molecule has 1 aromatic heterocycles. The summed E-state index contributed by atoms with van der Waals surface area (Å²) in [5.41, 5.74) is 1.89. The molecule has 1 aromatic carbocycles. The third-order valence-electron chi connectivity index (χ3n) is 4.13. The van der Waals surface area contributed by atoms with E-state index in [1.54, 1.807) is 19.9 Å². The number of hydrogen-bond donors (Lipinski definition) is 2. The zero-order valence-electron chi connectivity index (χ0n) is 16.9. The summed E-state index contributed by atoms with van der Waals surface area (Å²) in [7, 11) is 1.31. The molecule has 0 bridgehead atoms. The third kappa shape index (κ3) is 7.26. The van der Waals surface area contributed by atoms with Crippen LogP contribution in [-0.2, 0) is 19.1 Å². The number of carbonyl (C=O) groups excluding carboxylic acids is 3. The lowest BCUT2D eigenvalue weighted by molar-refractivity contribution is -0.141. The van der Waals surface area contributed by atoms with Crippen LogP contribution in [0, 0.1) is 13.8 Å². The zero-order valence-corrected chi connectivity index (χ0v) is 17.7. The van der Waals surface area contributed by atoms with Crippen molar-refractivity contribution < 1.29 is 23.6 Å². The smallest absolute Gasteiger partial charge is 0.307 e. The summed E-state index contributed by atoms with van der Waals surface area (Å²) in [5, 5.41) is 8.71. The third-order valence-corrected chi connectivity index (χ3v) is 5.27. The molecule has 2 amide bonds. The van der Waals surface area contributed by atoms with Gasteiger partial charge in [0.1, 0.15) is 5.76 Å². The first kappa shape index (κ1) is 22.5. The molecule has 0 fully saturated rings. The number of esters is 1. The van der Waals surface area contributed by atoms with Crippen LogP contribution in [0.15, 0.2) is 34.9 Å². The molecule has 2 aromatic rings. The highest BCUT2D eigenvalue weighted by Gasteiger charge is 2.21. The van der Waals surface area contributed by atoms with Gasteiger partial charge in [-0.1, -0.05) is 35.0 Å². The second-order valence-corrected chi connectivity index (χ2v) is 7.91. The van der Waals surface area contributed by atoms with Gasteiger partial charge in [0.15, 0.2) is 5.82 Å². The van der Waals surface area contributed by atoms with E-state index >= 15 is 0 Å². The number of thioether (sulfide) groups is 1. The number of methoxy groups -OCH3 is 1. The monoisotopic (exact) mass is 419 g/mol. The number of hydrogen-bond acceptors (Lipinski definition) is 7. The van der Waals surface area contributed by atoms with Crippen molar-refractivity contribution in [1.29, 1.82) is 0 Å². The van der Waals surface area contributed by atoms with Crippen LogP contribution < -0.4 is 10.6 Å². The molecule has 0 saturated heterocycles. The first-order valence-electron chi connectivity index (χ1n) is 9.07. The van der Waals surface area contributed by atoms with Crippen molar-refractivity contribution in [2.24, 2.45) is 0 Å².